The lowest BCUT2D eigenvalue weighted by molar-refractivity contribution is -0.237. The third-order valence-corrected chi connectivity index (χ3v) is 2.05. The van der Waals surface area contributed by atoms with E-state index in [4.69, 9.17) is 14.2 Å². The Balaban J connectivity index is 0. The van der Waals surface area contributed by atoms with Crippen LogP contribution < -0.4 is 0 Å². The minimum atomic E-state index is -1.25. The summed E-state index contributed by atoms with van der Waals surface area (Å²) in [5, 5.41) is 0. The molecule has 124 valence electrons. The number of hydrogen-bond acceptors (Lipinski definition) is 7. The highest BCUT2D eigenvalue weighted by Gasteiger charge is 2.36. The molecule has 0 aliphatic heterocycles. The lowest BCUT2D eigenvalue weighted by atomic mass is 10.3. The van der Waals surface area contributed by atoms with E-state index < -0.39 is 23.5 Å². The van der Waals surface area contributed by atoms with Crippen molar-refractivity contribution < 1.29 is 33.3 Å². The summed E-state index contributed by atoms with van der Waals surface area (Å²) in [4.78, 5) is 31.6. The minimum Gasteiger partial charge on any atom is -0.462 e. The zero-order chi connectivity index (χ0) is 16.9. The van der Waals surface area contributed by atoms with Crippen LogP contribution in [0.25, 0.3) is 0 Å². The van der Waals surface area contributed by atoms with Crippen LogP contribution in [-0.4, -0.2) is 49.9 Å². The second kappa shape index (κ2) is 12.3. The maximum atomic E-state index is 11.4. The van der Waals surface area contributed by atoms with Gasteiger partial charge in [-0.2, -0.15) is 0 Å². The molecule has 0 aromatic carbocycles. The number of ketones is 1. The summed E-state index contributed by atoms with van der Waals surface area (Å²) in [5.41, 5.74) is 0. The van der Waals surface area contributed by atoms with Gasteiger partial charge in [0.1, 0.15) is 0 Å². The first kappa shape index (κ1) is 21.8. The second-order valence-corrected chi connectivity index (χ2v) is 3.81. The molecule has 0 fully saturated rings. The minimum absolute atomic E-state index is 0.262. The van der Waals surface area contributed by atoms with E-state index in [0.29, 0.717) is 19.8 Å². The van der Waals surface area contributed by atoms with E-state index >= 15 is 0 Å². The van der Waals surface area contributed by atoms with Crippen molar-refractivity contribution in [1.29, 1.82) is 0 Å². The Kier molecular flexibility index (Phi) is 12.8. The molecular formula is C14H26O7. The summed E-state index contributed by atoms with van der Waals surface area (Å²) in [6.45, 7) is 11.2. The van der Waals surface area contributed by atoms with Gasteiger partial charge in [0.25, 0.3) is 5.79 Å². The summed E-state index contributed by atoms with van der Waals surface area (Å²) in [7, 11) is 0. The van der Waals surface area contributed by atoms with E-state index in [1.165, 1.54) is 6.92 Å². The summed E-state index contributed by atoms with van der Waals surface area (Å²) < 4.78 is 19.5. The molecule has 0 aromatic rings. The van der Waals surface area contributed by atoms with Crippen LogP contribution in [0.15, 0.2) is 0 Å². The summed E-state index contributed by atoms with van der Waals surface area (Å²) in [6.07, 6.45) is 0. The highest BCUT2D eigenvalue weighted by molar-refractivity contribution is 6.32. The zero-order valence-electron chi connectivity index (χ0n) is 13.7. The van der Waals surface area contributed by atoms with Gasteiger partial charge in [0.15, 0.2) is 0 Å². The van der Waals surface area contributed by atoms with Gasteiger partial charge in [-0.05, 0) is 27.7 Å². The molecule has 0 saturated carbocycles. The van der Waals surface area contributed by atoms with Crippen molar-refractivity contribution in [2.24, 2.45) is 0 Å². The lowest BCUT2D eigenvalue weighted by Gasteiger charge is -2.26. The molecule has 0 aliphatic rings. The van der Waals surface area contributed by atoms with Crippen LogP contribution in [0.4, 0.5) is 0 Å². The Morgan fingerprint density at radius 1 is 0.810 bits per heavy atom. The maximum Gasteiger partial charge on any atom is 0.374 e. The number of carbonyl (C=O) groups is 3. The SMILES string of the molecule is CCOC(=O)C(C)(OCC)OCC.CCOC(=O)C(C)=O. The van der Waals surface area contributed by atoms with E-state index in [9.17, 15) is 14.4 Å². The van der Waals surface area contributed by atoms with Crippen LogP contribution in [-0.2, 0) is 33.3 Å². The van der Waals surface area contributed by atoms with E-state index in [1.54, 1.807) is 34.6 Å². The average molecular weight is 306 g/mol. The molecule has 0 heterocycles. The van der Waals surface area contributed by atoms with Gasteiger partial charge in [-0.3, -0.25) is 4.79 Å². The van der Waals surface area contributed by atoms with Crippen LogP contribution in [0.2, 0.25) is 0 Å². The van der Waals surface area contributed by atoms with E-state index in [0.717, 1.165) is 0 Å². The van der Waals surface area contributed by atoms with Crippen LogP contribution in [0.1, 0.15) is 41.5 Å². The number of Topliss-reactive ketones (excluding diaryl/α,β-unsaturated/α-hetero) is 1. The Labute approximate surface area is 125 Å². The molecular weight excluding hydrogens is 280 g/mol. The van der Waals surface area contributed by atoms with Crippen molar-refractivity contribution in [3.8, 4) is 0 Å². The van der Waals surface area contributed by atoms with Crippen LogP contribution in [0.3, 0.4) is 0 Å². The molecule has 7 heteroatoms. The van der Waals surface area contributed by atoms with Crippen molar-refractivity contribution in [2.45, 2.75) is 47.3 Å². The van der Waals surface area contributed by atoms with Crippen molar-refractivity contribution in [1.82, 2.24) is 0 Å². The number of ether oxygens (including phenoxy) is 4. The van der Waals surface area contributed by atoms with Gasteiger partial charge >= 0.3 is 11.9 Å². The normalized spacial score (nSPS) is 10.2. The average Bonchev–Trinajstić information content (AvgIpc) is 2.40. The van der Waals surface area contributed by atoms with Crippen molar-refractivity contribution in [3.63, 3.8) is 0 Å². The summed E-state index contributed by atoms with van der Waals surface area (Å²) in [6, 6.07) is 0. The molecule has 0 aliphatic carbocycles. The fourth-order valence-corrected chi connectivity index (χ4v) is 1.21. The van der Waals surface area contributed by atoms with E-state index in [1.807, 2.05) is 0 Å². The molecule has 0 radical (unpaired) electrons. The van der Waals surface area contributed by atoms with Gasteiger partial charge in [0, 0.05) is 27.1 Å². The molecule has 0 N–H and O–H groups in total. The predicted octanol–water partition coefficient (Wildman–Crippen LogP) is 1.48. The number of esters is 2. The summed E-state index contributed by atoms with van der Waals surface area (Å²) in [5.74, 6) is -3.03. The molecule has 0 spiro atoms. The highest BCUT2D eigenvalue weighted by atomic mass is 16.7. The summed E-state index contributed by atoms with van der Waals surface area (Å²) >= 11 is 0. The Morgan fingerprint density at radius 3 is 1.48 bits per heavy atom. The van der Waals surface area contributed by atoms with Gasteiger partial charge < -0.3 is 18.9 Å². The van der Waals surface area contributed by atoms with E-state index in [2.05, 4.69) is 4.74 Å². The van der Waals surface area contributed by atoms with Gasteiger partial charge in [-0.15, -0.1) is 0 Å². The molecule has 0 saturated heterocycles. The Bertz CT molecular complexity index is 319. The van der Waals surface area contributed by atoms with Crippen LogP contribution >= 0.6 is 0 Å². The highest BCUT2D eigenvalue weighted by Crippen LogP contribution is 2.14. The first-order valence-electron chi connectivity index (χ1n) is 6.91. The van der Waals surface area contributed by atoms with Crippen molar-refractivity contribution >= 4 is 17.7 Å². The number of rotatable bonds is 8. The van der Waals surface area contributed by atoms with Crippen LogP contribution in [0.5, 0.6) is 0 Å². The topological polar surface area (TPSA) is 88.1 Å². The molecule has 21 heavy (non-hydrogen) atoms. The second-order valence-electron chi connectivity index (χ2n) is 3.81. The molecule has 0 bridgehead atoms. The van der Waals surface area contributed by atoms with Crippen LogP contribution in [0, 0.1) is 0 Å². The first-order valence-corrected chi connectivity index (χ1v) is 6.91. The number of hydrogen-bond donors (Lipinski definition) is 0. The first-order chi connectivity index (χ1) is 9.78. The number of carbonyl (C=O) groups excluding carboxylic acids is 3. The third-order valence-electron chi connectivity index (χ3n) is 2.05. The fraction of sp³-hybridized carbons (Fsp3) is 0.786. The van der Waals surface area contributed by atoms with Crippen molar-refractivity contribution in [3.05, 3.63) is 0 Å². The molecule has 0 aromatic heterocycles. The monoisotopic (exact) mass is 306 g/mol. The molecule has 7 nitrogen and oxygen atoms in total. The fourth-order valence-electron chi connectivity index (χ4n) is 1.21. The smallest absolute Gasteiger partial charge is 0.374 e. The molecule has 0 atom stereocenters. The van der Waals surface area contributed by atoms with Crippen molar-refractivity contribution in [2.75, 3.05) is 26.4 Å². The Morgan fingerprint density at radius 2 is 1.24 bits per heavy atom. The largest absolute Gasteiger partial charge is 0.462 e. The maximum absolute atomic E-state index is 11.4. The van der Waals surface area contributed by atoms with Gasteiger partial charge in [0.05, 0.1) is 13.2 Å². The lowest BCUT2D eigenvalue weighted by Crippen LogP contribution is -2.42. The molecule has 0 unspecified atom stereocenters. The predicted molar refractivity (Wildman–Crippen MR) is 75.6 cm³/mol. The zero-order valence-corrected chi connectivity index (χ0v) is 13.7. The molecule has 0 rings (SSSR count). The standard InChI is InChI=1S/C9H18O4.C5H8O3/c1-5-11-8(10)9(4,12-6-2)13-7-3;1-3-8-5(7)4(2)6/h5-7H2,1-4H3;3H2,1-2H3. The van der Waals surface area contributed by atoms with E-state index in [-0.39, 0.29) is 6.61 Å². The third kappa shape index (κ3) is 9.97. The molecule has 0 amide bonds. The van der Waals surface area contributed by atoms with Gasteiger partial charge in [0.2, 0.25) is 5.78 Å². The van der Waals surface area contributed by atoms with Gasteiger partial charge in [-0.25, -0.2) is 9.59 Å². The van der Waals surface area contributed by atoms with Gasteiger partial charge in [-0.1, -0.05) is 0 Å². The quantitative estimate of drug-likeness (QED) is 0.381. The Hall–Kier alpha value is -1.47.